The minimum absolute atomic E-state index is 0.00412. The van der Waals surface area contributed by atoms with Crippen molar-refractivity contribution in [1.29, 1.82) is 0 Å². The van der Waals surface area contributed by atoms with Crippen molar-refractivity contribution >= 4 is 29.4 Å². The lowest BCUT2D eigenvalue weighted by atomic mass is 9.87. The summed E-state index contributed by atoms with van der Waals surface area (Å²) in [5, 5.41) is 3.24. The van der Waals surface area contributed by atoms with Crippen molar-refractivity contribution in [2.24, 2.45) is 0 Å². The molecule has 0 aliphatic rings. The second kappa shape index (κ2) is 16.9. The van der Waals surface area contributed by atoms with Gasteiger partial charge < -0.3 is 19.5 Å². The van der Waals surface area contributed by atoms with Crippen LogP contribution in [0.4, 0.5) is 0 Å². The molecule has 0 saturated carbocycles. The fraction of sp³-hybridized carbons (Fsp3) is 0.417. The van der Waals surface area contributed by atoms with E-state index in [2.05, 4.69) is 49.5 Å². The Hall–Kier alpha value is -3.84. The predicted molar refractivity (Wildman–Crippen MR) is 173 cm³/mol. The topological polar surface area (TPSA) is 90.9 Å². The second-order valence-electron chi connectivity index (χ2n) is 11.0. The second-order valence-corrected chi connectivity index (χ2v) is 11.5. The minimum Gasteiger partial charge on any atom is -0.494 e. The molecule has 3 rings (SSSR count). The average molecular weight is 622 g/mol. The summed E-state index contributed by atoms with van der Waals surface area (Å²) in [5.74, 6) is -1.15. The molecule has 0 fully saturated rings. The SMILES string of the molecule is CCOC(=O)C(CCc1ccc(OCCCC(Cc2ccc(C)c(C)c2)c2cccc(Cl)c2)cc1)(NC(C)=O)C(=O)OCC. The van der Waals surface area contributed by atoms with E-state index in [0.717, 1.165) is 35.6 Å². The van der Waals surface area contributed by atoms with Gasteiger partial charge in [0.15, 0.2) is 0 Å². The molecular weight excluding hydrogens is 578 g/mol. The molecule has 7 nitrogen and oxygen atoms in total. The van der Waals surface area contributed by atoms with Gasteiger partial charge >= 0.3 is 11.9 Å². The number of rotatable bonds is 16. The number of hydrogen-bond donors (Lipinski definition) is 1. The van der Waals surface area contributed by atoms with Crippen LogP contribution in [0.1, 0.15) is 73.8 Å². The standard InChI is InChI=1S/C36H44ClNO6/c1-6-42-34(40)36(38-27(5)39,35(41)43-7-2)20-19-28-15-17-33(18-16-28)44-21-9-11-30(31-10-8-12-32(37)24-31)23-29-14-13-25(3)26(4)22-29/h8,10,12-18,22,24,30H,6-7,9,11,19-21,23H2,1-5H3,(H,38,39). The first-order valence-electron chi connectivity index (χ1n) is 15.2. The summed E-state index contributed by atoms with van der Waals surface area (Å²) in [7, 11) is 0. The Kier molecular flexibility index (Phi) is 13.3. The highest BCUT2D eigenvalue weighted by Crippen LogP contribution is 2.29. The molecule has 3 aromatic rings. The molecule has 0 bridgehead atoms. The van der Waals surface area contributed by atoms with Crippen molar-refractivity contribution in [3.05, 3.63) is 99.6 Å². The first-order chi connectivity index (χ1) is 21.1. The summed E-state index contributed by atoms with van der Waals surface area (Å²) >= 11 is 6.33. The third kappa shape index (κ3) is 9.84. The molecule has 0 aromatic heterocycles. The number of halogens is 1. The Morgan fingerprint density at radius 1 is 0.864 bits per heavy atom. The van der Waals surface area contributed by atoms with Crippen LogP contribution in [0.3, 0.4) is 0 Å². The van der Waals surface area contributed by atoms with Gasteiger partial charge in [-0.15, -0.1) is 0 Å². The highest BCUT2D eigenvalue weighted by molar-refractivity contribution is 6.30. The lowest BCUT2D eigenvalue weighted by Gasteiger charge is -2.29. The van der Waals surface area contributed by atoms with Crippen molar-refractivity contribution in [2.45, 2.75) is 78.2 Å². The molecule has 0 spiro atoms. The van der Waals surface area contributed by atoms with Crippen LogP contribution in [-0.4, -0.2) is 43.2 Å². The molecule has 8 heteroatoms. The number of carbonyl (C=O) groups is 3. The number of ether oxygens (including phenoxy) is 3. The van der Waals surface area contributed by atoms with E-state index in [1.54, 1.807) is 13.8 Å². The monoisotopic (exact) mass is 621 g/mol. The van der Waals surface area contributed by atoms with E-state index in [9.17, 15) is 14.4 Å². The lowest BCUT2D eigenvalue weighted by Crippen LogP contribution is -2.61. The van der Waals surface area contributed by atoms with E-state index in [-0.39, 0.29) is 19.6 Å². The zero-order chi connectivity index (χ0) is 32.1. The third-order valence-corrected chi connectivity index (χ3v) is 7.92. The Morgan fingerprint density at radius 3 is 2.11 bits per heavy atom. The first-order valence-corrected chi connectivity index (χ1v) is 15.6. The Labute approximate surface area is 266 Å². The minimum atomic E-state index is -1.91. The van der Waals surface area contributed by atoms with Crippen LogP contribution in [0, 0.1) is 13.8 Å². The predicted octanol–water partition coefficient (Wildman–Crippen LogP) is 7.08. The maximum absolute atomic E-state index is 12.9. The first kappa shape index (κ1) is 34.6. The highest BCUT2D eigenvalue weighted by atomic mass is 35.5. The molecule has 0 aliphatic heterocycles. The van der Waals surface area contributed by atoms with E-state index < -0.39 is 23.4 Å². The van der Waals surface area contributed by atoms with Crippen LogP contribution >= 0.6 is 11.6 Å². The maximum atomic E-state index is 12.9. The van der Waals surface area contributed by atoms with Gasteiger partial charge in [0.05, 0.1) is 19.8 Å². The number of esters is 2. The summed E-state index contributed by atoms with van der Waals surface area (Å²) in [6.45, 7) is 9.50. The van der Waals surface area contributed by atoms with Crippen molar-refractivity contribution < 1.29 is 28.6 Å². The average Bonchev–Trinajstić information content (AvgIpc) is 2.99. The molecule has 1 unspecified atom stereocenters. The van der Waals surface area contributed by atoms with E-state index >= 15 is 0 Å². The van der Waals surface area contributed by atoms with E-state index in [1.807, 2.05) is 36.4 Å². The molecule has 0 saturated heterocycles. The normalized spacial score (nSPS) is 11.9. The Bertz CT molecular complexity index is 1390. The molecule has 1 atom stereocenters. The van der Waals surface area contributed by atoms with Gasteiger partial charge in [-0.2, -0.15) is 0 Å². The van der Waals surface area contributed by atoms with E-state index in [0.29, 0.717) is 18.9 Å². The van der Waals surface area contributed by atoms with Crippen molar-refractivity contribution in [2.75, 3.05) is 19.8 Å². The molecule has 1 N–H and O–H groups in total. The van der Waals surface area contributed by atoms with Gasteiger partial charge in [0.25, 0.3) is 0 Å². The van der Waals surface area contributed by atoms with Crippen LogP contribution < -0.4 is 10.1 Å². The molecule has 236 valence electrons. The molecule has 3 aromatic carbocycles. The largest absolute Gasteiger partial charge is 0.494 e. The summed E-state index contributed by atoms with van der Waals surface area (Å²) in [4.78, 5) is 37.7. The van der Waals surface area contributed by atoms with E-state index in [1.165, 1.54) is 29.2 Å². The molecule has 44 heavy (non-hydrogen) atoms. The van der Waals surface area contributed by atoms with Gasteiger partial charge in [0.1, 0.15) is 5.75 Å². The van der Waals surface area contributed by atoms with Gasteiger partial charge in [0, 0.05) is 11.9 Å². The lowest BCUT2D eigenvalue weighted by molar-refractivity contribution is -0.168. The molecule has 0 heterocycles. The zero-order valence-corrected chi connectivity index (χ0v) is 27.2. The van der Waals surface area contributed by atoms with Crippen molar-refractivity contribution in [3.63, 3.8) is 0 Å². The van der Waals surface area contributed by atoms with E-state index in [4.69, 9.17) is 25.8 Å². The van der Waals surface area contributed by atoms with Crippen molar-refractivity contribution in [1.82, 2.24) is 5.32 Å². The Balaban J connectivity index is 1.62. The van der Waals surface area contributed by atoms with Crippen LogP contribution in [0.2, 0.25) is 5.02 Å². The number of benzene rings is 3. The summed E-state index contributed by atoms with van der Waals surface area (Å²) in [6, 6.07) is 22.3. The van der Waals surface area contributed by atoms with Gasteiger partial charge in [-0.3, -0.25) is 4.79 Å². The number of hydrogen-bond acceptors (Lipinski definition) is 6. The molecular formula is C36H44ClNO6. The third-order valence-electron chi connectivity index (χ3n) is 7.69. The number of amides is 1. The molecule has 0 radical (unpaired) electrons. The zero-order valence-electron chi connectivity index (χ0n) is 26.4. The number of carbonyl (C=O) groups excluding carboxylic acids is 3. The highest BCUT2D eigenvalue weighted by Gasteiger charge is 2.49. The summed E-state index contributed by atoms with van der Waals surface area (Å²) in [6.07, 6.45) is 3.06. The van der Waals surface area contributed by atoms with Crippen LogP contribution in [-0.2, 0) is 36.7 Å². The van der Waals surface area contributed by atoms with Crippen molar-refractivity contribution in [3.8, 4) is 5.75 Å². The fourth-order valence-electron chi connectivity index (χ4n) is 5.23. The van der Waals surface area contributed by atoms with Gasteiger partial charge in [0.2, 0.25) is 11.4 Å². The van der Waals surface area contributed by atoms with Crippen LogP contribution in [0.5, 0.6) is 5.75 Å². The smallest absolute Gasteiger partial charge is 0.343 e. The molecule has 0 aliphatic carbocycles. The maximum Gasteiger partial charge on any atom is 0.343 e. The number of nitrogens with one attached hydrogen (secondary N) is 1. The summed E-state index contributed by atoms with van der Waals surface area (Å²) < 4.78 is 16.4. The number of aryl methyl sites for hydroxylation is 3. The molecule has 1 amide bonds. The van der Waals surface area contributed by atoms with Gasteiger partial charge in [-0.05, 0) is 118 Å². The van der Waals surface area contributed by atoms with Gasteiger partial charge in [-0.1, -0.05) is 54.1 Å². The summed E-state index contributed by atoms with van der Waals surface area (Å²) in [5.41, 5.74) is 4.07. The van der Waals surface area contributed by atoms with Crippen LogP contribution in [0.25, 0.3) is 0 Å². The van der Waals surface area contributed by atoms with Gasteiger partial charge in [-0.25, -0.2) is 9.59 Å². The quantitative estimate of drug-likeness (QED) is 0.104. The fourth-order valence-corrected chi connectivity index (χ4v) is 5.43. The van der Waals surface area contributed by atoms with Crippen LogP contribution in [0.15, 0.2) is 66.7 Å². The Morgan fingerprint density at radius 2 is 1.52 bits per heavy atom.